The first-order valence-electron chi connectivity index (χ1n) is 9.60. The molecule has 1 aliphatic rings. The van der Waals surface area contributed by atoms with Crippen molar-refractivity contribution in [1.29, 1.82) is 0 Å². The van der Waals surface area contributed by atoms with E-state index in [0.29, 0.717) is 19.3 Å². The van der Waals surface area contributed by atoms with Crippen molar-refractivity contribution >= 4 is 0 Å². The normalized spacial score (nSPS) is 15.5. The zero-order valence-corrected chi connectivity index (χ0v) is 14.8. The largest absolute Gasteiger partial charge is 0.396 e. The molecular weight excluding hydrogens is 292 g/mol. The van der Waals surface area contributed by atoms with Crippen molar-refractivity contribution < 1.29 is 15.3 Å². The average Bonchev–Trinajstić information content (AvgIpc) is 2.50. The highest BCUT2D eigenvalue weighted by Gasteiger charge is 2.24. The number of hydrogen-bond acceptors (Lipinski definition) is 5. The van der Waals surface area contributed by atoms with Crippen LogP contribution in [0.15, 0.2) is 0 Å². The Morgan fingerprint density at radius 3 is 1.65 bits per heavy atom. The molecule has 1 rings (SSSR count). The highest BCUT2D eigenvalue weighted by atomic mass is 16.3. The summed E-state index contributed by atoms with van der Waals surface area (Å²) >= 11 is 0. The number of hydrogen-bond donors (Lipinski definition) is 3. The summed E-state index contributed by atoms with van der Waals surface area (Å²) < 4.78 is 0. The molecule has 0 aromatic carbocycles. The van der Waals surface area contributed by atoms with Crippen LogP contribution in [0.5, 0.6) is 0 Å². The van der Waals surface area contributed by atoms with Crippen LogP contribution in [0.4, 0.5) is 0 Å². The molecule has 5 nitrogen and oxygen atoms in total. The summed E-state index contributed by atoms with van der Waals surface area (Å²) in [6.07, 6.45) is 10.2. The van der Waals surface area contributed by atoms with Crippen LogP contribution in [-0.2, 0) is 0 Å². The van der Waals surface area contributed by atoms with E-state index in [9.17, 15) is 5.11 Å². The molecule has 0 bridgehead atoms. The van der Waals surface area contributed by atoms with E-state index in [1.54, 1.807) is 0 Å². The zero-order chi connectivity index (χ0) is 16.8. The summed E-state index contributed by atoms with van der Waals surface area (Å²) in [5, 5.41) is 27.1. The smallest absolute Gasteiger partial charge is 0.0558 e. The molecule has 0 unspecified atom stereocenters. The first-order valence-corrected chi connectivity index (χ1v) is 9.60. The second kappa shape index (κ2) is 14.2. The standard InChI is InChI=1S/C18H38N2O3/c21-15-5-1-3-10-19(11-4-2-6-16-22)12-13-20(14-17-23)18-8-7-9-18/h18,21-23H,1-17H2. The van der Waals surface area contributed by atoms with Crippen LogP contribution in [0.2, 0.25) is 0 Å². The van der Waals surface area contributed by atoms with Gasteiger partial charge in [-0.25, -0.2) is 0 Å². The van der Waals surface area contributed by atoms with Gasteiger partial charge >= 0.3 is 0 Å². The monoisotopic (exact) mass is 330 g/mol. The van der Waals surface area contributed by atoms with E-state index in [1.807, 2.05) is 0 Å². The molecule has 0 spiro atoms. The van der Waals surface area contributed by atoms with Gasteiger partial charge in [0.1, 0.15) is 0 Å². The number of unbranched alkanes of at least 4 members (excludes halogenated alkanes) is 4. The number of aliphatic hydroxyl groups is 3. The van der Waals surface area contributed by atoms with E-state index < -0.39 is 0 Å². The maximum absolute atomic E-state index is 9.27. The van der Waals surface area contributed by atoms with Crippen LogP contribution in [0.1, 0.15) is 57.8 Å². The van der Waals surface area contributed by atoms with E-state index in [4.69, 9.17) is 10.2 Å². The summed E-state index contributed by atoms with van der Waals surface area (Å²) in [4.78, 5) is 4.98. The van der Waals surface area contributed by atoms with E-state index in [0.717, 1.165) is 71.2 Å². The highest BCUT2D eigenvalue weighted by molar-refractivity contribution is 4.80. The van der Waals surface area contributed by atoms with E-state index >= 15 is 0 Å². The molecule has 0 saturated heterocycles. The van der Waals surface area contributed by atoms with Crippen molar-refractivity contribution in [3.05, 3.63) is 0 Å². The Labute approximate surface area is 142 Å². The lowest BCUT2D eigenvalue weighted by molar-refractivity contribution is 0.0871. The third-order valence-corrected chi connectivity index (χ3v) is 4.95. The molecule has 138 valence electrons. The van der Waals surface area contributed by atoms with Gasteiger partial charge in [0.25, 0.3) is 0 Å². The molecule has 0 aromatic rings. The van der Waals surface area contributed by atoms with Crippen LogP contribution in [0.3, 0.4) is 0 Å². The quantitative estimate of drug-likeness (QED) is 0.374. The molecule has 1 saturated carbocycles. The molecular formula is C18H38N2O3. The molecule has 5 heteroatoms. The molecule has 1 fully saturated rings. The molecule has 0 aliphatic heterocycles. The lowest BCUT2D eigenvalue weighted by atomic mass is 9.91. The van der Waals surface area contributed by atoms with Crippen molar-refractivity contribution in [3.63, 3.8) is 0 Å². The second-order valence-corrected chi connectivity index (χ2v) is 6.75. The van der Waals surface area contributed by atoms with Gasteiger partial charge in [0.15, 0.2) is 0 Å². The van der Waals surface area contributed by atoms with Crippen LogP contribution >= 0.6 is 0 Å². The molecule has 3 N–H and O–H groups in total. The summed E-state index contributed by atoms with van der Waals surface area (Å²) in [5.74, 6) is 0. The fraction of sp³-hybridized carbons (Fsp3) is 1.00. The van der Waals surface area contributed by atoms with Crippen molar-refractivity contribution in [3.8, 4) is 0 Å². The van der Waals surface area contributed by atoms with E-state index in [2.05, 4.69) is 9.80 Å². The second-order valence-electron chi connectivity index (χ2n) is 6.75. The zero-order valence-electron chi connectivity index (χ0n) is 14.8. The lowest BCUT2D eigenvalue weighted by Gasteiger charge is -2.38. The topological polar surface area (TPSA) is 67.2 Å². The van der Waals surface area contributed by atoms with E-state index in [-0.39, 0.29) is 6.61 Å². The van der Waals surface area contributed by atoms with Crippen molar-refractivity contribution in [2.45, 2.75) is 63.8 Å². The van der Waals surface area contributed by atoms with Crippen LogP contribution in [-0.4, -0.2) is 83.7 Å². The lowest BCUT2D eigenvalue weighted by Crippen LogP contribution is -2.45. The molecule has 0 heterocycles. The number of nitrogens with zero attached hydrogens (tertiary/aromatic N) is 2. The Balaban J connectivity index is 2.29. The van der Waals surface area contributed by atoms with Crippen molar-refractivity contribution in [2.24, 2.45) is 0 Å². The number of rotatable bonds is 16. The van der Waals surface area contributed by atoms with Crippen LogP contribution in [0, 0.1) is 0 Å². The van der Waals surface area contributed by atoms with Gasteiger partial charge < -0.3 is 20.2 Å². The first-order chi connectivity index (χ1) is 11.3. The molecule has 0 radical (unpaired) electrons. The van der Waals surface area contributed by atoms with Gasteiger partial charge in [-0.1, -0.05) is 6.42 Å². The summed E-state index contributed by atoms with van der Waals surface area (Å²) in [7, 11) is 0. The molecule has 0 aromatic heterocycles. The fourth-order valence-corrected chi connectivity index (χ4v) is 3.21. The first kappa shape index (κ1) is 20.8. The van der Waals surface area contributed by atoms with E-state index in [1.165, 1.54) is 19.3 Å². The fourth-order valence-electron chi connectivity index (χ4n) is 3.21. The Kier molecular flexibility index (Phi) is 12.8. The van der Waals surface area contributed by atoms with Gasteiger partial charge in [0, 0.05) is 38.9 Å². The maximum atomic E-state index is 9.27. The minimum atomic E-state index is 0.253. The summed E-state index contributed by atoms with van der Waals surface area (Å²) in [5.41, 5.74) is 0. The maximum Gasteiger partial charge on any atom is 0.0558 e. The molecule has 23 heavy (non-hydrogen) atoms. The third kappa shape index (κ3) is 9.62. The van der Waals surface area contributed by atoms with Crippen molar-refractivity contribution in [2.75, 3.05) is 52.5 Å². The Bertz CT molecular complexity index is 251. The van der Waals surface area contributed by atoms with Crippen LogP contribution < -0.4 is 0 Å². The third-order valence-electron chi connectivity index (χ3n) is 4.95. The van der Waals surface area contributed by atoms with Gasteiger partial charge in [-0.05, 0) is 64.5 Å². The van der Waals surface area contributed by atoms with Gasteiger partial charge in [-0.2, -0.15) is 0 Å². The van der Waals surface area contributed by atoms with Gasteiger partial charge in [-0.15, -0.1) is 0 Å². The Hall–Kier alpha value is -0.200. The van der Waals surface area contributed by atoms with Gasteiger partial charge in [0.05, 0.1) is 6.61 Å². The number of aliphatic hydroxyl groups excluding tert-OH is 3. The minimum Gasteiger partial charge on any atom is -0.396 e. The Morgan fingerprint density at radius 2 is 1.22 bits per heavy atom. The predicted octanol–water partition coefficient (Wildman–Crippen LogP) is 1.46. The van der Waals surface area contributed by atoms with Gasteiger partial charge in [0.2, 0.25) is 0 Å². The minimum absolute atomic E-state index is 0.253. The molecule has 0 atom stereocenters. The van der Waals surface area contributed by atoms with Gasteiger partial charge in [-0.3, -0.25) is 4.90 Å². The Morgan fingerprint density at radius 1 is 0.609 bits per heavy atom. The summed E-state index contributed by atoms with van der Waals surface area (Å²) in [6, 6.07) is 0.688. The SMILES string of the molecule is OCCCCCN(CCCCCO)CCN(CCO)C1CCC1. The molecule has 0 amide bonds. The predicted molar refractivity (Wildman–Crippen MR) is 94.6 cm³/mol. The molecule has 1 aliphatic carbocycles. The van der Waals surface area contributed by atoms with Crippen LogP contribution in [0.25, 0.3) is 0 Å². The average molecular weight is 331 g/mol. The summed E-state index contributed by atoms with van der Waals surface area (Å²) in [6.45, 7) is 5.94. The van der Waals surface area contributed by atoms with Crippen molar-refractivity contribution in [1.82, 2.24) is 9.80 Å². The highest BCUT2D eigenvalue weighted by Crippen LogP contribution is 2.24.